The van der Waals surface area contributed by atoms with Crippen molar-refractivity contribution in [3.05, 3.63) is 57.1 Å². The normalized spacial score (nSPS) is 21.7. The molecule has 31 heavy (non-hydrogen) atoms. The molecule has 0 spiro atoms. The zero-order valence-corrected chi connectivity index (χ0v) is 18.8. The molecular formula is C23H25ClN4O2S. The second kappa shape index (κ2) is 9.20. The topological polar surface area (TPSA) is 67.4 Å². The van der Waals surface area contributed by atoms with Crippen molar-refractivity contribution in [2.45, 2.75) is 44.4 Å². The zero-order valence-electron chi connectivity index (χ0n) is 17.2. The van der Waals surface area contributed by atoms with E-state index in [0.29, 0.717) is 16.6 Å². The van der Waals surface area contributed by atoms with Crippen LogP contribution in [0.25, 0.3) is 10.9 Å². The average molecular weight is 457 g/mol. The largest absolute Gasteiger partial charge is 0.376 e. The third-order valence-electron chi connectivity index (χ3n) is 6.14. The molecule has 0 bridgehead atoms. The van der Waals surface area contributed by atoms with Gasteiger partial charge in [-0.15, -0.1) is 11.3 Å². The van der Waals surface area contributed by atoms with Gasteiger partial charge in [0.05, 0.1) is 30.0 Å². The average Bonchev–Trinajstić information content (AvgIpc) is 3.17. The highest BCUT2D eigenvalue weighted by Gasteiger charge is 2.26. The van der Waals surface area contributed by atoms with Crippen LogP contribution in [-0.4, -0.2) is 52.6 Å². The molecule has 6 nitrogen and oxygen atoms in total. The Labute approximate surface area is 190 Å². The van der Waals surface area contributed by atoms with Crippen LogP contribution in [0.2, 0.25) is 4.47 Å². The Morgan fingerprint density at radius 3 is 3.10 bits per heavy atom. The number of amides is 1. The Bertz CT molecular complexity index is 1080. The standard InChI is InChI=1S/C23H25ClN4O2S/c24-23-27-20-13-28(12-9-21(20)31-23)11-8-16-7-6-15(14-30-16)26-22(29)18-3-1-5-19-17(18)4-2-10-25-19/h1-5,10,15-16H,6-9,11-14H2,(H,26,29)/t15-,16+/m0/s1. The first-order valence-electron chi connectivity index (χ1n) is 10.8. The number of thiazole rings is 1. The molecule has 2 aromatic heterocycles. The number of aromatic nitrogens is 2. The van der Waals surface area contributed by atoms with E-state index in [4.69, 9.17) is 16.3 Å². The lowest BCUT2D eigenvalue weighted by Crippen LogP contribution is -2.43. The van der Waals surface area contributed by atoms with Crippen molar-refractivity contribution >= 4 is 39.7 Å². The van der Waals surface area contributed by atoms with Gasteiger partial charge in [0.1, 0.15) is 0 Å². The number of carbonyl (C=O) groups is 1. The summed E-state index contributed by atoms with van der Waals surface area (Å²) in [6, 6.07) is 9.50. The van der Waals surface area contributed by atoms with E-state index in [1.165, 1.54) is 4.88 Å². The quantitative estimate of drug-likeness (QED) is 0.626. The summed E-state index contributed by atoms with van der Waals surface area (Å²) in [6.45, 7) is 3.49. The summed E-state index contributed by atoms with van der Waals surface area (Å²) in [5.41, 5.74) is 2.64. The van der Waals surface area contributed by atoms with Gasteiger partial charge in [0.2, 0.25) is 0 Å². The highest BCUT2D eigenvalue weighted by molar-refractivity contribution is 7.15. The maximum atomic E-state index is 12.8. The predicted molar refractivity (Wildman–Crippen MR) is 123 cm³/mol. The molecule has 2 atom stereocenters. The molecule has 5 rings (SSSR count). The first-order chi connectivity index (χ1) is 15.2. The molecule has 1 N–H and O–H groups in total. The number of carbonyl (C=O) groups excluding carboxylic acids is 1. The minimum Gasteiger partial charge on any atom is -0.376 e. The van der Waals surface area contributed by atoms with Crippen molar-refractivity contribution in [1.82, 2.24) is 20.2 Å². The van der Waals surface area contributed by atoms with E-state index in [1.807, 2.05) is 30.3 Å². The van der Waals surface area contributed by atoms with Crippen LogP contribution < -0.4 is 5.32 Å². The van der Waals surface area contributed by atoms with Gasteiger partial charge >= 0.3 is 0 Å². The van der Waals surface area contributed by atoms with Gasteiger partial charge in [-0.25, -0.2) is 4.98 Å². The fraction of sp³-hybridized carbons (Fsp3) is 0.435. The highest BCUT2D eigenvalue weighted by Crippen LogP contribution is 2.28. The van der Waals surface area contributed by atoms with Gasteiger partial charge in [0.15, 0.2) is 4.47 Å². The van der Waals surface area contributed by atoms with Crippen LogP contribution in [0, 0.1) is 0 Å². The van der Waals surface area contributed by atoms with Crippen LogP contribution in [0.15, 0.2) is 36.5 Å². The van der Waals surface area contributed by atoms with Crippen LogP contribution in [0.5, 0.6) is 0 Å². The minimum atomic E-state index is -0.0586. The van der Waals surface area contributed by atoms with E-state index in [2.05, 4.69) is 20.2 Å². The molecule has 3 aromatic rings. The van der Waals surface area contributed by atoms with Crippen molar-refractivity contribution in [1.29, 1.82) is 0 Å². The second-order valence-corrected chi connectivity index (χ2v) is 9.90. The van der Waals surface area contributed by atoms with Gasteiger partial charge in [0.25, 0.3) is 5.91 Å². The first kappa shape index (κ1) is 20.8. The number of pyridine rings is 1. The van der Waals surface area contributed by atoms with Gasteiger partial charge in [-0.1, -0.05) is 23.7 Å². The lowest BCUT2D eigenvalue weighted by Gasteiger charge is -2.32. The van der Waals surface area contributed by atoms with Crippen molar-refractivity contribution in [2.24, 2.45) is 0 Å². The Hall–Kier alpha value is -2.06. The minimum absolute atomic E-state index is 0.0466. The number of nitrogens with one attached hydrogen (secondary N) is 1. The third-order valence-corrected chi connectivity index (χ3v) is 7.41. The molecule has 2 aliphatic heterocycles. The van der Waals surface area contributed by atoms with Crippen molar-refractivity contribution in [3.63, 3.8) is 0 Å². The number of fused-ring (bicyclic) bond motifs is 2. The molecule has 0 aliphatic carbocycles. The molecule has 1 fully saturated rings. The molecule has 1 saturated heterocycles. The van der Waals surface area contributed by atoms with E-state index >= 15 is 0 Å². The van der Waals surface area contributed by atoms with Crippen LogP contribution in [-0.2, 0) is 17.7 Å². The fourth-order valence-electron chi connectivity index (χ4n) is 4.45. The Kier molecular flexibility index (Phi) is 6.18. The Morgan fingerprint density at radius 1 is 1.29 bits per heavy atom. The molecule has 1 amide bonds. The van der Waals surface area contributed by atoms with Gasteiger partial charge < -0.3 is 10.1 Å². The van der Waals surface area contributed by atoms with E-state index in [0.717, 1.165) is 61.9 Å². The molecule has 0 radical (unpaired) electrons. The monoisotopic (exact) mass is 456 g/mol. The Balaban J connectivity index is 1.10. The highest BCUT2D eigenvalue weighted by atomic mass is 35.5. The lowest BCUT2D eigenvalue weighted by molar-refractivity contribution is -0.0113. The van der Waals surface area contributed by atoms with Crippen molar-refractivity contribution in [2.75, 3.05) is 19.7 Å². The van der Waals surface area contributed by atoms with Gasteiger partial charge in [-0.05, 0) is 43.9 Å². The van der Waals surface area contributed by atoms with E-state index in [-0.39, 0.29) is 18.1 Å². The fourth-order valence-corrected chi connectivity index (χ4v) is 5.61. The molecule has 1 aromatic carbocycles. The summed E-state index contributed by atoms with van der Waals surface area (Å²) in [5.74, 6) is -0.0586. The number of hydrogen-bond donors (Lipinski definition) is 1. The summed E-state index contributed by atoms with van der Waals surface area (Å²) >= 11 is 7.66. The lowest BCUT2D eigenvalue weighted by atomic mass is 10.0. The number of hydrogen-bond acceptors (Lipinski definition) is 6. The molecule has 0 saturated carbocycles. The third kappa shape index (κ3) is 4.75. The molecule has 8 heteroatoms. The van der Waals surface area contributed by atoms with Gasteiger partial charge in [-0.2, -0.15) is 0 Å². The first-order valence-corrected chi connectivity index (χ1v) is 12.0. The van der Waals surface area contributed by atoms with E-state index in [1.54, 1.807) is 17.5 Å². The summed E-state index contributed by atoms with van der Waals surface area (Å²) in [4.78, 5) is 25.4. The van der Waals surface area contributed by atoms with Crippen LogP contribution in [0.4, 0.5) is 0 Å². The molecule has 162 valence electrons. The van der Waals surface area contributed by atoms with Crippen LogP contribution in [0.1, 0.15) is 40.2 Å². The number of benzene rings is 1. The zero-order chi connectivity index (χ0) is 21.2. The van der Waals surface area contributed by atoms with Gasteiger partial charge in [0, 0.05) is 41.7 Å². The molecule has 0 unspecified atom stereocenters. The maximum Gasteiger partial charge on any atom is 0.252 e. The SMILES string of the molecule is O=C(N[C@H]1CC[C@H](CCN2CCc3sc(Cl)nc3C2)OC1)c1cccc2ncccc12. The van der Waals surface area contributed by atoms with Crippen molar-refractivity contribution in [3.8, 4) is 0 Å². The summed E-state index contributed by atoms with van der Waals surface area (Å²) in [5, 5.41) is 4.02. The predicted octanol–water partition coefficient (Wildman–Crippen LogP) is 4.07. The van der Waals surface area contributed by atoms with Crippen LogP contribution in [0.3, 0.4) is 0 Å². The molecule has 4 heterocycles. The van der Waals surface area contributed by atoms with Gasteiger partial charge in [-0.3, -0.25) is 14.7 Å². The Morgan fingerprint density at radius 2 is 2.23 bits per heavy atom. The number of rotatable bonds is 5. The summed E-state index contributed by atoms with van der Waals surface area (Å²) in [6.07, 6.45) is 5.92. The van der Waals surface area contributed by atoms with E-state index < -0.39 is 0 Å². The summed E-state index contributed by atoms with van der Waals surface area (Å²) in [7, 11) is 0. The summed E-state index contributed by atoms with van der Waals surface area (Å²) < 4.78 is 6.74. The van der Waals surface area contributed by atoms with Crippen LogP contribution >= 0.6 is 22.9 Å². The maximum absolute atomic E-state index is 12.8. The molecular weight excluding hydrogens is 432 g/mol. The van der Waals surface area contributed by atoms with E-state index in [9.17, 15) is 4.79 Å². The van der Waals surface area contributed by atoms with Crippen molar-refractivity contribution < 1.29 is 9.53 Å². The number of halogens is 1. The number of ether oxygens (including phenoxy) is 1. The smallest absolute Gasteiger partial charge is 0.252 e. The second-order valence-electron chi connectivity index (χ2n) is 8.23. The number of nitrogens with zero attached hydrogens (tertiary/aromatic N) is 3. The molecule has 2 aliphatic rings.